The maximum atomic E-state index is 4.43. The van der Waals surface area contributed by atoms with E-state index < -0.39 is 0 Å². The van der Waals surface area contributed by atoms with Crippen molar-refractivity contribution in [2.45, 2.75) is 13.8 Å². The van der Waals surface area contributed by atoms with Crippen molar-refractivity contribution in [1.29, 1.82) is 0 Å². The lowest BCUT2D eigenvalue weighted by Crippen LogP contribution is -1.86. The molecule has 2 nitrogen and oxygen atoms in total. The summed E-state index contributed by atoms with van der Waals surface area (Å²) in [5.74, 6) is 0. The molecule has 0 aliphatic rings. The van der Waals surface area contributed by atoms with Gasteiger partial charge in [0, 0.05) is 15.5 Å². The zero-order chi connectivity index (χ0) is 8.72. The quantitative estimate of drug-likeness (QED) is 0.674. The zero-order valence-electron chi connectivity index (χ0n) is 7.00. The number of hydrogen-bond acceptors (Lipinski definition) is 1. The third-order valence-electron chi connectivity index (χ3n) is 2.06. The smallest absolute Gasteiger partial charge is 0.138 e. The number of pyridine rings is 1. The molecule has 0 aliphatic heterocycles. The van der Waals surface area contributed by atoms with Crippen LogP contribution in [-0.2, 0) is 0 Å². The summed E-state index contributed by atoms with van der Waals surface area (Å²) in [6.45, 7) is 4.12. The molecule has 0 saturated carbocycles. The summed E-state index contributed by atoms with van der Waals surface area (Å²) in [5, 5.41) is 0. The SMILES string of the molecule is Cc1nc2cc(I)ccn2c1C. The predicted octanol–water partition coefficient (Wildman–Crippen LogP) is 2.56. The molecule has 0 bridgehead atoms. The number of aromatic nitrogens is 2. The van der Waals surface area contributed by atoms with Crippen molar-refractivity contribution in [2.24, 2.45) is 0 Å². The number of fused-ring (bicyclic) bond motifs is 1. The lowest BCUT2D eigenvalue weighted by Gasteiger charge is -1.95. The Labute approximate surface area is 84.8 Å². The lowest BCUT2D eigenvalue weighted by atomic mass is 10.4. The summed E-state index contributed by atoms with van der Waals surface area (Å²) in [6.07, 6.45) is 2.06. The van der Waals surface area contributed by atoms with Gasteiger partial charge >= 0.3 is 0 Å². The Morgan fingerprint density at radius 2 is 2.17 bits per heavy atom. The zero-order valence-corrected chi connectivity index (χ0v) is 9.16. The fourth-order valence-corrected chi connectivity index (χ4v) is 1.70. The van der Waals surface area contributed by atoms with Crippen LogP contribution in [0.1, 0.15) is 11.4 Å². The van der Waals surface area contributed by atoms with Crippen molar-refractivity contribution >= 4 is 28.2 Å². The Morgan fingerprint density at radius 3 is 2.92 bits per heavy atom. The number of imidazole rings is 1. The van der Waals surface area contributed by atoms with E-state index in [0.29, 0.717) is 0 Å². The van der Waals surface area contributed by atoms with Gasteiger partial charge in [0.25, 0.3) is 0 Å². The molecule has 2 aromatic heterocycles. The Morgan fingerprint density at radius 1 is 1.42 bits per heavy atom. The van der Waals surface area contributed by atoms with Gasteiger partial charge in [-0.25, -0.2) is 4.98 Å². The van der Waals surface area contributed by atoms with E-state index in [1.54, 1.807) is 0 Å². The van der Waals surface area contributed by atoms with Gasteiger partial charge in [0.05, 0.1) is 5.69 Å². The van der Waals surface area contributed by atoms with Gasteiger partial charge in [-0.1, -0.05) is 0 Å². The maximum absolute atomic E-state index is 4.43. The molecule has 0 aromatic carbocycles. The van der Waals surface area contributed by atoms with Gasteiger partial charge in [-0.3, -0.25) is 0 Å². The van der Waals surface area contributed by atoms with Crippen LogP contribution in [0.15, 0.2) is 18.3 Å². The molecule has 0 aliphatic carbocycles. The monoisotopic (exact) mass is 272 g/mol. The van der Waals surface area contributed by atoms with E-state index in [9.17, 15) is 0 Å². The maximum Gasteiger partial charge on any atom is 0.138 e. The van der Waals surface area contributed by atoms with E-state index in [2.05, 4.69) is 57.2 Å². The number of nitrogens with zero attached hydrogens (tertiary/aromatic N) is 2. The van der Waals surface area contributed by atoms with Crippen molar-refractivity contribution in [1.82, 2.24) is 9.38 Å². The number of hydrogen-bond donors (Lipinski definition) is 0. The van der Waals surface area contributed by atoms with E-state index in [4.69, 9.17) is 0 Å². The van der Waals surface area contributed by atoms with E-state index in [1.165, 1.54) is 9.26 Å². The third-order valence-corrected chi connectivity index (χ3v) is 2.73. The molecule has 3 heteroatoms. The van der Waals surface area contributed by atoms with E-state index in [-0.39, 0.29) is 0 Å². The highest BCUT2D eigenvalue weighted by atomic mass is 127. The largest absolute Gasteiger partial charge is 0.304 e. The Hall–Kier alpha value is -0.580. The molecule has 0 spiro atoms. The highest BCUT2D eigenvalue weighted by molar-refractivity contribution is 14.1. The standard InChI is InChI=1S/C9H9IN2/c1-6-7(2)12-4-3-8(10)5-9(12)11-6/h3-5H,1-2H3. The second-order valence-corrected chi connectivity index (χ2v) is 4.10. The predicted molar refractivity (Wildman–Crippen MR) is 57.4 cm³/mol. The van der Waals surface area contributed by atoms with Crippen LogP contribution in [-0.4, -0.2) is 9.38 Å². The van der Waals surface area contributed by atoms with Crippen molar-refractivity contribution in [3.63, 3.8) is 0 Å². The minimum absolute atomic E-state index is 1.04. The normalized spacial score (nSPS) is 10.9. The summed E-state index contributed by atoms with van der Waals surface area (Å²) >= 11 is 2.30. The first-order chi connectivity index (χ1) is 5.68. The topological polar surface area (TPSA) is 17.3 Å². The summed E-state index contributed by atoms with van der Waals surface area (Å²) in [4.78, 5) is 4.43. The van der Waals surface area contributed by atoms with E-state index in [1.807, 2.05) is 6.92 Å². The van der Waals surface area contributed by atoms with Gasteiger partial charge in [0.15, 0.2) is 0 Å². The summed E-state index contributed by atoms with van der Waals surface area (Å²) in [5.41, 5.74) is 3.37. The molecule has 2 rings (SSSR count). The van der Waals surface area contributed by atoms with Gasteiger partial charge in [-0.2, -0.15) is 0 Å². The Kier molecular flexibility index (Phi) is 1.83. The molecule has 0 radical (unpaired) electrons. The molecule has 0 amide bonds. The molecule has 0 saturated heterocycles. The molecule has 62 valence electrons. The van der Waals surface area contributed by atoms with Crippen molar-refractivity contribution < 1.29 is 0 Å². The third kappa shape index (κ3) is 1.12. The summed E-state index contributed by atoms with van der Waals surface area (Å²) in [6, 6.07) is 4.17. The minimum atomic E-state index is 1.04. The van der Waals surface area contributed by atoms with Gasteiger partial charge in [-0.15, -0.1) is 0 Å². The first-order valence-electron chi connectivity index (χ1n) is 3.79. The van der Waals surface area contributed by atoms with Crippen LogP contribution in [0.2, 0.25) is 0 Å². The van der Waals surface area contributed by atoms with Crippen molar-refractivity contribution in [2.75, 3.05) is 0 Å². The van der Waals surface area contributed by atoms with Crippen molar-refractivity contribution in [3.8, 4) is 0 Å². The van der Waals surface area contributed by atoms with Gasteiger partial charge in [0.2, 0.25) is 0 Å². The molecule has 2 heterocycles. The average molecular weight is 272 g/mol. The van der Waals surface area contributed by atoms with Gasteiger partial charge in [0.1, 0.15) is 5.65 Å². The van der Waals surface area contributed by atoms with Crippen LogP contribution in [0.3, 0.4) is 0 Å². The van der Waals surface area contributed by atoms with E-state index in [0.717, 1.165) is 11.3 Å². The molecule has 0 atom stereocenters. The van der Waals surface area contributed by atoms with Crippen molar-refractivity contribution in [3.05, 3.63) is 33.3 Å². The first kappa shape index (κ1) is 8.04. The van der Waals surface area contributed by atoms with Gasteiger partial charge < -0.3 is 4.40 Å². The first-order valence-corrected chi connectivity index (χ1v) is 4.87. The molecule has 12 heavy (non-hydrogen) atoms. The Bertz CT molecular complexity index is 431. The van der Waals surface area contributed by atoms with Crippen LogP contribution in [0.5, 0.6) is 0 Å². The highest BCUT2D eigenvalue weighted by Crippen LogP contribution is 2.13. The molecule has 0 fully saturated rings. The van der Waals surface area contributed by atoms with Gasteiger partial charge in [-0.05, 0) is 48.6 Å². The second kappa shape index (κ2) is 2.73. The van der Waals surface area contributed by atoms with Crippen LogP contribution in [0, 0.1) is 17.4 Å². The second-order valence-electron chi connectivity index (χ2n) is 2.86. The molecule has 0 N–H and O–H groups in total. The number of aryl methyl sites for hydroxylation is 2. The summed E-state index contributed by atoms with van der Waals surface area (Å²) < 4.78 is 3.34. The molecular formula is C9H9IN2. The average Bonchev–Trinajstić information content (AvgIpc) is 2.28. The lowest BCUT2D eigenvalue weighted by molar-refractivity contribution is 1.09. The number of halogens is 1. The fourth-order valence-electron chi connectivity index (χ4n) is 1.26. The summed E-state index contributed by atoms with van der Waals surface area (Å²) in [7, 11) is 0. The number of rotatable bonds is 0. The highest BCUT2D eigenvalue weighted by Gasteiger charge is 2.02. The fraction of sp³-hybridized carbons (Fsp3) is 0.222. The molecular weight excluding hydrogens is 263 g/mol. The van der Waals surface area contributed by atoms with Crippen LogP contribution >= 0.6 is 22.6 Å². The van der Waals surface area contributed by atoms with Crippen LogP contribution in [0.4, 0.5) is 0 Å². The Balaban J connectivity index is 2.87. The molecule has 2 aromatic rings. The molecule has 0 unspecified atom stereocenters. The van der Waals surface area contributed by atoms with Crippen LogP contribution < -0.4 is 0 Å². The van der Waals surface area contributed by atoms with E-state index >= 15 is 0 Å². The van der Waals surface area contributed by atoms with Crippen LogP contribution in [0.25, 0.3) is 5.65 Å². The minimum Gasteiger partial charge on any atom is -0.304 e.